The second-order valence-electron chi connectivity index (χ2n) is 4.33. The Bertz CT molecular complexity index is 559. The smallest absolute Gasteiger partial charge is 0.246 e. The van der Waals surface area contributed by atoms with Crippen LogP contribution in [-0.2, 0) is 0 Å². The lowest BCUT2D eigenvalue weighted by atomic mass is 10.3. The maximum atomic E-state index is 13.7. The van der Waals surface area contributed by atoms with Gasteiger partial charge in [0.05, 0.1) is 0 Å². The van der Waals surface area contributed by atoms with E-state index in [0.717, 1.165) is 25.9 Å². The molecule has 0 unspecified atom stereocenters. The van der Waals surface area contributed by atoms with Crippen LogP contribution in [-0.4, -0.2) is 27.9 Å². The topological polar surface area (TPSA) is 60.0 Å². The maximum Gasteiger partial charge on any atom is 0.246 e. The molecule has 6 heteroatoms. The molecule has 2 heterocycles. The largest absolute Gasteiger partial charge is 0.368 e. The zero-order valence-electron chi connectivity index (χ0n) is 9.88. The minimum Gasteiger partial charge on any atom is -0.368 e. The molecule has 18 heavy (non-hydrogen) atoms. The molecule has 1 aromatic heterocycles. The number of nitrogens with two attached hydrogens (primary N) is 1. The lowest BCUT2D eigenvalue weighted by Crippen LogP contribution is -2.19. The highest BCUT2D eigenvalue weighted by Crippen LogP contribution is 2.21. The van der Waals surface area contributed by atoms with Crippen LogP contribution >= 0.6 is 0 Å². The SMILES string of the molecule is Nc1nc(N2CCCC2)nn1-c1ccccc1F. The van der Waals surface area contributed by atoms with Crippen LogP contribution in [0.1, 0.15) is 12.8 Å². The Kier molecular flexibility index (Phi) is 2.62. The Hall–Kier alpha value is -2.11. The summed E-state index contributed by atoms with van der Waals surface area (Å²) in [5.41, 5.74) is 6.13. The maximum absolute atomic E-state index is 13.7. The van der Waals surface area contributed by atoms with Gasteiger partial charge >= 0.3 is 0 Å². The fourth-order valence-corrected chi connectivity index (χ4v) is 2.16. The summed E-state index contributed by atoms with van der Waals surface area (Å²) in [7, 11) is 0. The molecule has 0 aliphatic carbocycles. The van der Waals surface area contributed by atoms with E-state index in [1.807, 2.05) is 0 Å². The van der Waals surface area contributed by atoms with Gasteiger partial charge in [-0.25, -0.2) is 4.39 Å². The normalized spacial score (nSPS) is 15.3. The summed E-state index contributed by atoms with van der Waals surface area (Å²) in [5, 5.41) is 4.29. The van der Waals surface area contributed by atoms with Gasteiger partial charge in [0.1, 0.15) is 11.5 Å². The first-order valence-corrected chi connectivity index (χ1v) is 5.98. The van der Waals surface area contributed by atoms with Crippen LogP contribution in [0, 0.1) is 5.82 Å². The van der Waals surface area contributed by atoms with E-state index < -0.39 is 0 Å². The highest BCUT2D eigenvalue weighted by atomic mass is 19.1. The Morgan fingerprint density at radius 2 is 1.89 bits per heavy atom. The molecule has 0 amide bonds. The molecule has 1 aromatic carbocycles. The van der Waals surface area contributed by atoms with Crippen molar-refractivity contribution in [1.82, 2.24) is 14.8 Å². The molecule has 0 spiro atoms. The van der Waals surface area contributed by atoms with E-state index in [0.29, 0.717) is 11.6 Å². The van der Waals surface area contributed by atoms with Crippen LogP contribution in [0.4, 0.5) is 16.3 Å². The molecule has 2 N–H and O–H groups in total. The van der Waals surface area contributed by atoms with Crippen LogP contribution in [0.25, 0.3) is 5.69 Å². The van der Waals surface area contributed by atoms with Gasteiger partial charge in [-0.2, -0.15) is 9.67 Å². The Morgan fingerprint density at radius 1 is 1.17 bits per heavy atom. The van der Waals surface area contributed by atoms with Crippen molar-refractivity contribution in [3.63, 3.8) is 0 Å². The molecule has 1 saturated heterocycles. The Morgan fingerprint density at radius 3 is 2.61 bits per heavy atom. The minimum absolute atomic E-state index is 0.210. The molecule has 2 aromatic rings. The molecule has 0 atom stereocenters. The van der Waals surface area contributed by atoms with Gasteiger partial charge in [0.25, 0.3) is 0 Å². The second-order valence-corrected chi connectivity index (χ2v) is 4.33. The van der Waals surface area contributed by atoms with E-state index in [4.69, 9.17) is 5.73 Å². The molecule has 1 fully saturated rings. The number of rotatable bonds is 2. The molecule has 5 nitrogen and oxygen atoms in total. The second kappa shape index (κ2) is 4.29. The van der Waals surface area contributed by atoms with Crippen LogP contribution in [0.5, 0.6) is 0 Å². The quantitative estimate of drug-likeness (QED) is 0.875. The van der Waals surface area contributed by atoms with Gasteiger partial charge in [-0.15, -0.1) is 5.10 Å². The highest BCUT2D eigenvalue weighted by Gasteiger charge is 2.19. The average Bonchev–Trinajstić information content (AvgIpc) is 2.99. The van der Waals surface area contributed by atoms with Crippen molar-refractivity contribution in [3.05, 3.63) is 30.1 Å². The van der Waals surface area contributed by atoms with Crippen molar-refractivity contribution < 1.29 is 4.39 Å². The lowest BCUT2D eigenvalue weighted by molar-refractivity contribution is 0.611. The molecule has 3 rings (SSSR count). The van der Waals surface area contributed by atoms with E-state index in [2.05, 4.69) is 15.0 Å². The minimum atomic E-state index is -0.359. The molecule has 1 aliphatic rings. The summed E-state index contributed by atoms with van der Waals surface area (Å²) < 4.78 is 15.0. The van der Waals surface area contributed by atoms with Crippen LogP contribution in [0.2, 0.25) is 0 Å². The predicted molar refractivity (Wildman–Crippen MR) is 67.2 cm³/mol. The predicted octanol–water partition coefficient (Wildman–Crippen LogP) is 1.59. The number of nitrogen functional groups attached to an aromatic ring is 1. The van der Waals surface area contributed by atoms with Crippen molar-refractivity contribution in [1.29, 1.82) is 0 Å². The monoisotopic (exact) mass is 247 g/mol. The van der Waals surface area contributed by atoms with Crippen molar-refractivity contribution in [2.75, 3.05) is 23.7 Å². The van der Waals surface area contributed by atoms with Crippen molar-refractivity contribution in [2.45, 2.75) is 12.8 Å². The third-order valence-corrected chi connectivity index (χ3v) is 3.09. The third kappa shape index (κ3) is 1.79. The van der Waals surface area contributed by atoms with Crippen LogP contribution < -0.4 is 10.6 Å². The molecule has 0 saturated carbocycles. The molecule has 0 bridgehead atoms. The summed E-state index contributed by atoms with van der Waals surface area (Å²) in [5.74, 6) is 0.428. The summed E-state index contributed by atoms with van der Waals surface area (Å²) in [6, 6.07) is 6.39. The van der Waals surface area contributed by atoms with E-state index in [-0.39, 0.29) is 11.8 Å². The fraction of sp³-hybridized carbons (Fsp3) is 0.333. The zero-order valence-corrected chi connectivity index (χ0v) is 9.88. The number of benzene rings is 1. The number of aromatic nitrogens is 3. The van der Waals surface area contributed by atoms with Gasteiger partial charge in [-0.05, 0) is 25.0 Å². The Balaban J connectivity index is 2.00. The summed E-state index contributed by atoms with van der Waals surface area (Å²) >= 11 is 0. The zero-order chi connectivity index (χ0) is 12.5. The number of anilines is 2. The van der Waals surface area contributed by atoms with Crippen molar-refractivity contribution in [3.8, 4) is 5.69 Å². The third-order valence-electron chi connectivity index (χ3n) is 3.09. The Labute approximate surface area is 104 Å². The summed E-state index contributed by atoms with van der Waals surface area (Å²) in [6.45, 7) is 1.86. The van der Waals surface area contributed by atoms with Gasteiger partial charge in [0.15, 0.2) is 0 Å². The number of para-hydroxylation sites is 1. The summed E-state index contributed by atoms with van der Waals surface area (Å²) in [4.78, 5) is 6.26. The number of hydrogen-bond donors (Lipinski definition) is 1. The van der Waals surface area contributed by atoms with E-state index >= 15 is 0 Å². The van der Waals surface area contributed by atoms with E-state index in [1.54, 1.807) is 18.2 Å². The lowest BCUT2D eigenvalue weighted by Gasteiger charge is -2.10. The standard InChI is InChI=1S/C12H14FN5/c13-9-5-1-2-6-10(9)18-11(14)15-12(16-18)17-7-3-4-8-17/h1-2,5-6H,3-4,7-8H2,(H2,14,15,16). The molecule has 94 valence electrons. The molecular formula is C12H14FN5. The van der Waals surface area contributed by atoms with E-state index in [9.17, 15) is 4.39 Å². The molecular weight excluding hydrogens is 233 g/mol. The first kappa shape index (κ1) is 11.0. The summed E-state index contributed by atoms with van der Waals surface area (Å²) in [6.07, 6.45) is 2.27. The van der Waals surface area contributed by atoms with Gasteiger partial charge in [0, 0.05) is 13.1 Å². The van der Waals surface area contributed by atoms with Crippen LogP contribution in [0.15, 0.2) is 24.3 Å². The number of hydrogen-bond acceptors (Lipinski definition) is 4. The average molecular weight is 247 g/mol. The van der Waals surface area contributed by atoms with Gasteiger partial charge in [-0.1, -0.05) is 12.1 Å². The molecule has 0 radical (unpaired) electrons. The van der Waals surface area contributed by atoms with Crippen LogP contribution in [0.3, 0.4) is 0 Å². The van der Waals surface area contributed by atoms with Gasteiger partial charge < -0.3 is 10.6 Å². The number of nitrogens with zero attached hydrogens (tertiary/aromatic N) is 4. The van der Waals surface area contributed by atoms with Crippen molar-refractivity contribution in [2.24, 2.45) is 0 Å². The van der Waals surface area contributed by atoms with Gasteiger partial charge in [-0.3, -0.25) is 0 Å². The van der Waals surface area contributed by atoms with E-state index in [1.165, 1.54) is 10.7 Å². The first-order chi connectivity index (χ1) is 8.75. The fourth-order valence-electron chi connectivity index (χ4n) is 2.16. The molecule has 1 aliphatic heterocycles. The highest BCUT2D eigenvalue weighted by molar-refractivity contribution is 5.44. The van der Waals surface area contributed by atoms with Gasteiger partial charge in [0.2, 0.25) is 11.9 Å². The first-order valence-electron chi connectivity index (χ1n) is 5.98. The number of halogens is 1. The van der Waals surface area contributed by atoms with Crippen molar-refractivity contribution >= 4 is 11.9 Å².